The molecule has 0 aliphatic carbocycles. The number of rotatable bonds is 3. The molecule has 2 heterocycles. The molecule has 1 aromatic carbocycles. The highest BCUT2D eigenvalue weighted by atomic mass is 32.2. The quantitative estimate of drug-likeness (QED) is 0.920. The molecule has 2 atom stereocenters. The molecular weight excluding hydrogens is 296 g/mol. The van der Waals surface area contributed by atoms with Crippen molar-refractivity contribution in [3.05, 3.63) is 24.3 Å². The molecule has 2 aliphatic heterocycles. The lowest BCUT2D eigenvalue weighted by molar-refractivity contribution is 0.340. The maximum absolute atomic E-state index is 11.8. The first-order chi connectivity index (χ1) is 9.52. The lowest BCUT2D eigenvalue weighted by Gasteiger charge is -2.25. The number of hydrogen-bond acceptors (Lipinski definition) is 5. The Labute approximate surface area is 122 Å². The van der Waals surface area contributed by atoms with Gasteiger partial charge < -0.3 is 9.64 Å². The van der Waals surface area contributed by atoms with Gasteiger partial charge in [0.25, 0.3) is 0 Å². The Kier molecular flexibility index (Phi) is 3.41. The number of anilines is 1. The number of ether oxygens (including phenoxy) is 1. The number of nitrogens with one attached hydrogen (secondary N) is 1. The fraction of sp³-hybridized carbons (Fsp3) is 0.462. The van der Waals surface area contributed by atoms with E-state index in [1.807, 2.05) is 36.1 Å². The van der Waals surface area contributed by atoms with E-state index in [1.165, 1.54) is 11.8 Å². The number of amidine groups is 1. The van der Waals surface area contributed by atoms with Crippen LogP contribution in [0.15, 0.2) is 24.3 Å². The molecule has 3 rings (SSSR count). The van der Waals surface area contributed by atoms with E-state index in [4.69, 9.17) is 10.1 Å². The summed E-state index contributed by atoms with van der Waals surface area (Å²) in [6.45, 7) is 2.45. The average Bonchev–Trinajstić information content (AvgIpc) is 2.81. The molecule has 5 nitrogen and oxygen atoms in total. The third-order valence-electron chi connectivity index (χ3n) is 3.51. The van der Waals surface area contributed by atoms with Gasteiger partial charge >= 0.3 is 0 Å². The second-order valence-corrected chi connectivity index (χ2v) is 8.26. The third-order valence-corrected chi connectivity index (χ3v) is 6.64. The van der Waals surface area contributed by atoms with E-state index in [1.54, 1.807) is 0 Å². The Bertz CT molecular complexity index is 645. The fourth-order valence-electron chi connectivity index (χ4n) is 2.72. The number of sulfone groups is 1. The lowest BCUT2D eigenvalue weighted by Crippen LogP contribution is -2.37. The zero-order chi connectivity index (χ0) is 14.3. The smallest absolute Gasteiger partial charge is 0.161 e. The van der Waals surface area contributed by atoms with Crippen LogP contribution in [0.3, 0.4) is 0 Å². The highest BCUT2D eigenvalue weighted by molar-refractivity contribution is 8.15. The molecule has 0 amide bonds. The molecule has 1 N–H and O–H groups in total. The van der Waals surface area contributed by atoms with Crippen molar-refractivity contribution >= 4 is 32.5 Å². The summed E-state index contributed by atoms with van der Waals surface area (Å²) in [5, 5.41) is 8.50. The first-order valence-corrected chi connectivity index (χ1v) is 9.18. The van der Waals surface area contributed by atoms with Crippen LogP contribution in [0.2, 0.25) is 0 Å². The minimum atomic E-state index is -2.99. The van der Waals surface area contributed by atoms with Crippen LogP contribution < -0.4 is 9.64 Å². The second kappa shape index (κ2) is 4.96. The van der Waals surface area contributed by atoms with Gasteiger partial charge in [-0.1, -0.05) is 23.9 Å². The van der Waals surface area contributed by atoms with Crippen LogP contribution in [0.4, 0.5) is 5.69 Å². The van der Waals surface area contributed by atoms with Crippen molar-refractivity contribution in [2.75, 3.05) is 23.0 Å². The van der Waals surface area contributed by atoms with Gasteiger partial charge in [-0.15, -0.1) is 0 Å². The minimum absolute atomic E-state index is 0.0396. The van der Waals surface area contributed by atoms with Crippen molar-refractivity contribution < 1.29 is 13.2 Å². The summed E-state index contributed by atoms with van der Waals surface area (Å²) in [5.74, 6) is 0.983. The summed E-state index contributed by atoms with van der Waals surface area (Å²) in [6, 6.07) is 7.34. The normalized spacial score (nSPS) is 27.6. The topological polar surface area (TPSA) is 70.5 Å². The average molecular weight is 312 g/mol. The molecule has 0 spiro atoms. The van der Waals surface area contributed by atoms with E-state index >= 15 is 0 Å². The predicted octanol–water partition coefficient (Wildman–Crippen LogP) is 1.74. The van der Waals surface area contributed by atoms with Crippen molar-refractivity contribution in [3.63, 3.8) is 0 Å². The molecule has 2 fully saturated rings. The van der Waals surface area contributed by atoms with Gasteiger partial charge in [-0.05, 0) is 19.1 Å². The summed E-state index contributed by atoms with van der Waals surface area (Å²) in [7, 11) is -2.99. The molecule has 7 heteroatoms. The minimum Gasteiger partial charge on any atom is -0.492 e. The Morgan fingerprint density at radius 1 is 1.40 bits per heavy atom. The summed E-state index contributed by atoms with van der Waals surface area (Å²) in [4.78, 5) is 1.81. The van der Waals surface area contributed by atoms with E-state index in [0.717, 1.165) is 5.69 Å². The number of benzene rings is 1. The second-order valence-electron chi connectivity index (χ2n) is 4.88. The van der Waals surface area contributed by atoms with Crippen LogP contribution in [-0.2, 0) is 9.84 Å². The molecule has 0 saturated carbocycles. The SMILES string of the molecule is CCOc1ccccc1N1C(=N)S[C@H]2CS(=O)(=O)C[C@@H]21. The van der Waals surface area contributed by atoms with Gasteiger partial charge in [0.2, 0.25) is 0 Å². The Balaban J connectivity index is 1.99. The summed E-state index contributed by atoms with van der Waals surface area (Å²) in [6.07, 6.45) is 0. The van der Waals surface area contributed by atoms with Crippen LogP contribution in [0, 0.1) is 5.41 Å². The van der Waals surface area contributed by atoms with E-state index in [-0.39, 0.29) is 22.8 Å². The Morgan fingerprint density at radius 2 is 2.15 bits per heavy atom. The van der Waals surface area contributed by atoms with Crippen molar-refractivity contribution in [3.8, 4) is 5.75 Å². The molecule has 2 saturated heterocycles. The zero-order valence-electron chi connectivity index (χ0n) is 11.1. The summed E-state index contributed by atoms with van der Waals surface area (Å²) < 4.78 is 29.2. The van der Waals surface area contributed by atoms with Crippen LogP contribution in [0.5, 0.6) is 5.75 Å². The van der Waals surface area contributed by atoms with Gasteiger partial charge in [0.05, 0.1) is 29.8 Å². The lowest BCUT2D eigenvalue weighted by atomic mass is 10.2. The highest BCUT2D eigenvalue weighted by Crippen LogP contribution is 2.43. The van der Waals surface area contributed by atoms with E-state index < -0.39 is 9.84 Å². The van der Waals surface area contributed by atoms with Gasteiger partial charge in [-0.3, -0.25) is 5.41 Å². The van der Waals surface area contributed by atoms with Gasteiger partial charge in [0, 0.05) is 5.25 Å². The Morgan fingerprint density at radius 3 is 2.90 bits per heavy atom. The molecule has 2 aliphatic rings. The van der Waals surface area contributed by atoms with Crippen molar-refractivity contribution in [1.29, 1.82) is 5.41 Å². The van der Waals surface area contributed by atoms with Crippen LogP contribution in [0.25, 0.3) is 0 Å². The van der Waals surface area contributed by atoms with Crippen molar-refractivity contribution in [2.24, 2.45) is 0 Å². The maximum Gasteiger partial charge on any atom is 0.161 e. The van der Waals surface area contributed by atoms with Gasteiger partial charge in [0.1, 0.15) is 5.75 Å². The monoisotopic (exact) mass is 312 g/mol. The van der Waals surface area contributed by atoms with E-state index in [0.29, 0.717) is 17.5 Å². The number of hydrogen-bond donors (Lipinski definition) is 1. The summed E-state index contributed by atoms with van der Waals surface area (Å²) in [5.41, 5.74) is 0.788. The molecule has 0 aromatic heterocycles. The standard InChI is InChI=1S/C13H16N2O3S2/c1-2-18-11-6-4-3-5-9(11)15-10-7-20(16,17)8-12(10)19-13(15)14/h3-6,10,12,14H,2,7-8H2,1H3/t10-,12-/m0/s1. The van der Waals surface area contributed by atoms with Crippen LogP contribution >= 0.6 is 11.8 Å². The number of thioether (sulfide) groups is 1. The first kappa shape index (κ1) is 13.8. The molecule has 0 bridgehead atoms. The molecular formula is C13H16N2O3S2. The van der Waals surface area contributed by atoms with Gasteiger partial charge in [-0.25, -0.2) is 8.42 Å². The molecule has 108 valence electrons. The van der Waals surface area contributed by atoms with Gasteiger partial charge in [0.15, 0.2) is 15.0 Å². The third kappa shape index (κ3) is 2.29. The maximum atomic E-state index is 11.8. The predicted molar refractivity (Wildman–Crippen MR) is 81.6 cm³/mol. The number of nitrogens with zero attached hydrogens (tertiary/aromatic N) is 1. The van der Waals surface area contributed by atoms with Crippen LogP contribution in [-0.4, -0.2) is 43.0 Å². The van der Waals surface area contributed by atoms with E-state index in [2.05, 4.69) is 0 Å². The molecule has 1 aromatic rings. The molecule has 0 unspecified atom stereocenters. The van der Waals surface area contributed by atoms with E-state index in [9.17, 15) is 8.42 Å². The Hall–Kier alpha value is -1.21. The highest BCUT2D eigenvalue weighted by Gasteiger charge is 2.49. The fourth-order valence-corrected chi connectivity index (χ4v) is 6.51. The summed E-state index contributed by atoms with van der Waals surface area (Å²) >= 11 is 1.34. The molecule has 20 heavy (non-hydrogen) atoms. The zero-order valence-corrected chi connectivity index (χ0v) is 12.7. The van der Waals surface area contributed by atoms with Crippen molar-refractivity contribution in [1.82, 2.24) is 0 Å². The number of para-hydroxylation sites is 2. The van der Waals surface area contributed by atoms with Gasteiger partial charge in [-0.2, -0.15) is 0 Å². The van der Waals surface area contributed by atoms with Crippen molar-refractivity contribution in [2.45, 2.75) is 18.2 Å². The molecule has 0 radical (unpaired) electrons. The first-order valence-electron chi connectivity index (χ1n) is 6.48. The van der Waals surface area contributed by atoms with Crippen LogP contribution in [0.1, 0.15) is 6.92 Å². The largest absolute Gasteiger partial charge is 0.492 e. The number of fused-ring (bicyclic) bond motifs is 1.